The number of ether oxygens (including phenoxy) is 1. The molecule has 0 bridgehead atoms. The van der Waals surface area contributed by atoms with E-state index < -0.39 is 35.6 Å². The second-order valence-corrected chi connectivity index (χ2v) is 7.01. The molecule has 2 atom stereocenters. The fourth-order valence-corrected chi connectivity index (χ4v) is 2.55. The second kappa shape index (κ2) is 8.81. The van der Waals surface area contributed by atoms with Gasteiger partial charge < -0.3 is 16.2 Å². The first-order valence-corrected chi connectivity index (χ1v) is 8.20. The van der Waals surface area contributed by atoms with Crippen LogP contribution in [0.5, 0.6) is 0 Å². The minimum Gasteiger partial charge on any atom is -0.444 e. The lowest BCUT2D eigenvalue weighted by molar-refractivity contribution is -0.156. The Bertz CT molecular complexity index is 596. The molecule has 9 heteroatoms. The van der Waals surface area contributed by atoms with E-state index in [2.05, 4.69) is 6.58 Å². The van der Waals surface area contributed by atoms with Crippen molar-refractivity contribution >= 4 is 17.9 Å². The van der Waals surface area contributed by atoms with Gasteiger partial charge in [0.05, 0.1) is 12.6 Å². The quantitative estimate of drug-likeness (QED) is 0.492. The van der Waals surface area contributed by atoms with Gasteiger partial charge in [0.2, 0.25) is 11.8 Å². The maximum atomic E-state index is 12.5. The molecule has 1 rings (SSSR count). The predicted molar refractivity (Wildman–Crippen MR) is 95.5 cm³/mol. The summed E-state index contributed by atoms with van der Waals surface area (Å²) < 4.78 is 5.37. The van der Waals surface area contributed by atoms with Crippen molar-refractivity contribution in [2.24, 2.45) is 11.5 Å². The van der Waals surface area contributed by atoms with Gasteiger partial charge >= 0.3 is 6.09 Å². The van der Waals surface area contributed by atoms with E-state index >= 15 is 0 Å². The fraction of sp³-hybridized carbons (Fsp3) is 0.588. The third-order valence-corrected chi connectivity index (χ3v) is 3.64. The molecule has 0 spiro atoms. The van der Waals surface area contributed by atoms with E-state index in [4.69, 9.17) is 21.0 Å². The second-order valence-electron chi connectivity index (χ2n) is 7.01. The van der Waals surface area contributed by atoms with Crippen LogP contribution < -0.4 is 11.5 Å². The van der Waals surface area contributed by atoms with Gasteiger partial charge in [-0.1, -0.05) is 12.2 Å². The first-order chi connectivity index (χ1) is 12.0. The standard InChI is InChI=1S/C17H28N4O5/c1-6-7-25-20(5)13-10-21(16(24)26-17(2,3)4)12(15(19)23)8-11(13)9-14(18)22/h6,8,12-13H,1,7,9-10H2,2-5H3,(H2,18,22)(H2,19,23)/t12-,13-/m0/s1. The molecular formula is C17H28N4O5. The van der Waals surface area contributed by atoms with Crippen LogP contribution in [-0.4, -0.2) is 65.8 Å². The Kier molecular flexibility index (Phi) is 7.34. The summed E-state index contributed by atoms with van der Waals surface area (Å²) in [4.78, 5) is 42.5. The van der Waals surface area contributed by atoms with Gasteiger partial charge in [0, 0.05) is 20.0 Å². The molecule has 0 aromatic rings. The Morgan fingerprint density at radius 3 is 2.46 bits per heavy atom. The zero-order valence-corrected chi connectivity index (χ0v) is 15.7. The average Bonchev–Trinajstić information content (AvgIpc) is 2.49. The third-order valence-electron chi connectivity index (χ3n) is 3.64. The predicted octanol–water partition coefficient (Wildman–Crippen LogP) is 0.311. The maximum Gasteiger partial charge on any atom is 0.411 e. The van der Waals surface area contributed by atoms with Crippen LogP contribution in [-0.2, 0) is 19.2 Å². The number of hydrogen-bond acceptors (Lipinski definition) is 6. The summed E-state index contributed by atoms with van der Waals surface area (Å²) in [7, 11) is 1.65. The molecule has 26 heavy (non-hydrogen) atoms. The van der Waals surface area contributed by atoms with Crippen LogP contribution in [0.1, 0.15) is 27.2 Å². The van der Waals surface area contributed by atoms with Crippen LogP contribution in [0.25, 0.3) is 0 Å². The highest BCUT2D eigenvalue weighted by Crippen LogP contribution is 2.25. The lowest BCUT2D eigenvalue weighted by Gasteiger charge is -2.40. The summed E-state index contributed by atoms with van der Waals surface area (Å²) in [6.07, 6.45) is 2.27. The highest BCUT2D eigenvalue weighted by molar-refractivity contribution is 5.87. The van der Waals surface area contributed by atoms with Gasteiger partial charge in [-0.15, -0.1) is 6.58 Å². The Labute approximate surface area is 153 Å². The van der Waals surface area contributed by atoms with Gasteiger partial charge in [0.15, 0.2) is 0 Å². The lowest BCUT2D eigenvalue weighted by atomic mass is 9.94. The van der Waals surface area contributed by atoms with Crippen molar-refractivity contribution in [3.8, 4) is 0 Å². The van der Waals surface area contributed by atoms with Crippen LogP contribution in [0.2, 0.25) is 0 Å². The van der Waals surface area contributed by atoms with Crippen LogP contribution >= 0.6 is 0 Å². The lowest BCUT2D eigenvalue weighted by Crippen LogP contribution is -2.57. The minimum atomic E-state index is -1.04. The van der Waals surface area contributed by atoms with Crippen LogP contribution in [0, 0.1) is 0 Å². The molecule has 9 nitrogen and oxygen atoms in total. The zero-order chi connectivity index (χ0) is 20.1. The molecule has 0 radical (unpaired) electrons. The normalized spacial score (nSPS) is 20.5. The van der Waals surface area contributed by atoms with E-state index in [1.165, 1.54) is 16.0 Å². The molecule has 0 saturated carbocycles. The number of hydroxylamine groups is 2. The van der Waals surface area contributed by atoms with Gasteiger partial charge in [0.25, 0.3) is 0 Å². The minimum absolute atomic E-state index is 0.0509. The number of primary amides is 2. The van der Waals surface area contributed by atoms with Crippen molar-refractivity contribution in [2.45, 2.75) is 44.9 Å². The number of carbonyl (C=O) groups is 3. The fourth-order valence-electron chi connectivity index (χ4n) is 2.55. The van der Waals surface area contributed by atoms with E-state index in [9.17, 15) is 14.4 Å². The number of nitrogens with zero attached hydrogens (tertiary/aromatic N) is 2. The van der Waals surface area contributed by atoms with E-state index in [-0.39, 0.29) is 19.6 Å². The number of carbonyl (C=O) groups excluding carboxylic acids is 3. The highest BCUT2D eigenvalue weighted by atomic mass is 16.7. The van der Waals surface area contributed by atoms with Crippen molar-refractivity contribution < 1.29 is 24.0 Å². The Morgan fingerprint density at radius 2 is 2.00 bits per heavy atom. The Hall–Kier alpha value is -2.39. The van der Waals surface area contributed by atoms with Crippen molar-refractivity contribution in [3.05, 3.63) is 24.3 Å². The maximum absolute atomic E-state index is 12.5. The summed E-state index contributed by atoms with van der Waals surface area (Å²) in [5, 5.41) is 1.49. The third kappa shape index (κ3) is 6.16. The molecule has 0 saturated heterocycles. The highest BCUT2D eigenvalue weighted by Gasteiger charge is 2.39. The molecule has 1 heterocycles. The Morgan fingerprint density at radius 1 is 1.38 bits per heavy atom. The van der Waals surface area contributed by atoms with Gasteiger partial charge in [0.1, 0.15) is 11.6 Å². The van der Waals surface area contributed by atoms with Crippen LogP contribution in [0.3, 0.4) is 0 Å². The molecule has 1 aliphatic heterocycles. The van der Waals surface area contributed by atoms with Gasteiger partial charge in [-0.3, -0.25) is 19.3 Å². The number of likely N-dealkylation sites (N-methyl/N-ethyl adjacent to an activating group) is 1. The summed E-state index contributed by atoms with van der Waals surface area (Å²) in [5.74, 6) is -1.29. The molecule has 0 aliphatic carbocycles. The van der Waals surface area contributed by atoms with Crippen LogP contribution in [0.15, 0.2) is 24.3 Å². The van der Waals surface area contributed by atoms with E-state index in [0.29, 0.717) is 5.57 Å². The van der Waals surface area contributed by atoms with E-state index in [1.807, 2.05) is 0 Å². The number of nitrogens with two attached hydrogens (primary N) is 2. The molecule has 0 unspecified atom stereocenters. The first-order valence-electron chi connectivity index (χ1n) is 8.20. The zero-order valence-electron chi connectivity index (χ0n) is 15.7. The van der Waals surface area contributed by atoms with Crippen molar-refractivity contribution in [1.82, 2.24) is 9.96 Å². The van der Waals surface area contributed by atoms with Crippen molar-refractivity contribution in [3.63, 3.8) is 0 Å². The molecule has 0 aromatic heterocycles. The molecule has 1 aliphatic rings. The smallest absolute Gasteiger partial charge is 0.411 e. The van der Waals surface area contributed by atoms with Crippen molar-refractivity contribution in [2.75, 3.05) is 20.2 Å². The summed E-state index contributed by atoms with van der Waals surface area (Å²) in [6, 6.07) is -1.53. The summed E-state index contributed by atoms with van der Waals surface area (Å²) in [5.41, 5.74) is 10.6. The molecule has 4 N–H and O–H groups in total. The number of hydrogen-bond donors (Lipinski definition) is 2. The Balaban J connectivity index is 3.21. The average molecular weight is 368 g/mol. The molecule has 0 aromatic carbocycles. The van der Waals surface area contributed by atoms with Crippen molar-refractivity contribution in [1.29, 1.82) is 0 Å². The van der Waals surface area contributed by atoms with E-state index in [1.54, 1.807) is 33.9 Å². The number of rotatable bonds is 7. The summed E-state index contributed by atoms with van der Waals surface area (Å²) in [6.45, 7) is 9.03. The molecule has 146 valence electrons. The molecule has 3 amide bonds. The largest absolute Gasteiger partial charge is 0.444 e. The molecular weight excluding hydrogens is 340 g/mol. The number of amides is 3. The summed E-state index contributed by atoms with van der Waals surface area (Å²) >= 11 is 0. The van der Waals surface area contributed by atoms with E-state index in [0.717, 1.165) is 0 Å². The van der Waals surface area contributed by atoms with Crippen LogP contribution in [0.4, 0.5) is 4.79 Å². The molecule has 0 fully saturated rings. The SMILES string of the molecule is C=CCON(C)[C@H]1CN(C(=O)OC(C)(C)C)[C@H](C(N)=O)C=C1CC(N)=O. The monoisotopic (exact) mass is 368 g/mol. The van der Waals surface area contributed by atoms with Gasteiger partial charge in [-0.25, -0.2) is 4.79 Å². The van der Waals surface area contributed by atoms with Gasteiger partial charge in [-0.2, -0.15) is 5.06 Å². The van der Waals surface area contributed by atoms with Gasteiger partial charge in [-0.05, 0) is 26.3 Å². The topological polar surface area (TPSA) is 128 Å². The first kappa shape index (κ1) is 21.7.